The van der Waals surface area contributed by atoms with Crippen molar-refractivity contribution in [1.29, 1.82) is 0 Å². The van der Waals surface area contributed by atoms with E-state index in [1.54, 1.807) is 11.5 Å². The second-order valence-electron chi connectivity index (χ2n) is 7.33. The first-order valence-electron chi connectivity index (χ1n) is 9.79. The maximum absolute atomic E-state index is 13.2. The molecule has 1 unspecified atom stereocenters. The Balaban J connectivity index is 1.77. The zero-order chi connectivity index (χ0) is 20.5. The molecule has 1 aromatic heterocycles. The standard InChI is InChI=1S/C23H23FN2O3/c1-3-29-23(28)26-19-8-6-4-5-7-18(19)21-20(26)13-16(14-25(21)2)22(27)15-9-11-17(24)12-10-15/h4-7,9-12,16H,3,8,13-14H2,1-2H3. The summed E-state index contributed by atoms with van der Waals surface area (Å²) < 4.78 is 20.2. The van der Waals surface area contributed by atoms with Gasteiger partial charge in [-0.05, 0) is 31.2 Å². The number of ketones is 1. The number of allylic oxidation sites excluding steroid dienone is 3. The van der Waals surface area contributed by atoms with Crippen LogP contribution in [0.2, 0.25) is 0 Å². The summed E-state index contributed by atoms with van der Waals surface area (Å²) >= 11 is 0. The summed E-state index contributed by atoms with van der Waals surface area (Å²) in [4.78, 5) is 27.9. The van der Waals surface area contributed by atoms with Crippen molar-refractivity contribution in [2.45, 2.75) is 19.8 Å². The molecule has 2 heterocycles. The predicted octanol–water partition coefficient (Wildman–Crippen LogP) is 4.25. The van der Waals surface area contributed by atoms with E-state index in [1.807, 2.05) is 36.3 Å². The number of anilines is 1. The number of nitrogens with zero attached hydrogens (tertiary/aromatic N) is 2. The predicted molar refractivity (Wildman–Crippen MR) is 110 cm³/mol. The van der Waals surface area contributed by atoms with Gasteiger partial charge in [-0.25, -0.2) is 9.18 Å². The third-order valence-electron chi connectivity index (χ3n) is 5.47. The van der Waals surface area contributed by atoms with E-state index >= 15 is 0 Å². The number of aromatic nitrogens is 1. The Bertz CT molecular complexity index is 1020. The lowest BCUT2D eigenvalue weighted by atomic mass is 9.89. The van der Waals surface area contributed by atoms with E-state index in [2.05, 4.69) is 0 Å². The Morgan fingerprint density at radius 1 is 1.17 bits per heavy atom. The van der Waals surface area contributed by atoms with Gasteiger partial charge in [0.1, 0.15) is 5.82 Å². The number of hydrogen-bond acceptors (Lipinski definition) is 4. The zero-order valence-corrected chi connectivity index (χ0v) is 16.5. The van der Waals surface area contributed by atoms with Crippen LogP contribution >= 0.6 is 0 Å². The van der Waals surface area contributed by atoms with Gasteiger partial charge in [-0.2, -0.15) is 0 Å². The Morgan fingerprint density at radius 2 is 1.93 bits per heavy atom. The van der Waals surface area contributed by atoms with Gasteiger partial charge in [0.05, 0.1) is 18.0 Å². The molecule has 5 nitrogen and oxygen atoms in total. The molecule has 2 aliphatic rings. The van der Waals surface area contributed by atoms with Crippen LogP contribution in [0.3, 0.4) is 0 Å². The summed E-state index contributed by atoms with van der Waals surface area (Å²) in [5.74, 6) is -0.752. The minimum Gasteiger partial charge on any atom is -0.449 e. The maximum atomic E-state index is 13.2. The fourth-order valence-electron chi connectivity index (χ4n) is 4.24. The minimum atomic E-state index is -0.419. The molecule has 29 heavy (non-hydrogen) atoms. The highest BCUT2D eigenvalue weighted by atomic mass is 19.1. The quantitative estimate of drug-likeness (QED) is 0.731. The molecule has 0 amide bonds. The van der Waals surface area contributed by atoms with Crippen molar-refractivity contribution in [3.05, 3.63) is 70.8 Å². The van der Waals surface area contributed by atoms with Gasteiger partial charge in [0.15, 0.2) is 5.78 Å². The fraction of sp³-hybridized carbons (Fsp3) is 0.304. The van der Waals surface area contributed by atoms with Crippen LogP contribution in [0.1, 0.15) is 34.2 Å². The second kappa shape index (κ2) is 7.70. The maximum Gasteiger partial charge on any atom is 0.418 e. The summed E-state index contributed by atoms with van der Waals surface area (Å²) in [6.07, 6.45) is 8.56. The third kappa shape index (κ3) is 3.39. The molecule has 0 saturated heterocycles. The second-order valence-corrected chi connectivity index (χ2v) is 7.33. The molecule has 0 saturated carbocycles. The van der Waals surface area contributed by atoms with Gasteiger partial charge in [-0.1, -0.05) is 24.3 Å². The van der Waals surface area contributed by atoms with Crippen molar-refractivity contribution in [3.8, 4) is 0 Å². The van der Waals surface area contributed by atoms with E-state index in [9.17, 15) is 14.0 Å². The van der Waals surface area contributed by atoms with Crippen LogP contribution in [0.5, 0.6) is 0 Å². The number of halogens is 1. The average Bonchev–Trinajstić information content (AvgIpc) is 2.84. The van der Waals surface area contributed by atoms with E-state index in [4.69, 9.17) is 4.74 Å². The molecule has 0 spiro atoms. The van der Waals surface area contributed by atoms with Gasteiger partial charge < -0.3 is 9.64 Å². The van der Waals surface area contributed by atoms with Crippen LogP contribution < -0.4 is 4.90 Å². The third-order valence-corrected chi connectivity index (χ3v) is 5.47. The van der Waals surface area contributed by atoms with Gasteiger partial charge >= 0.3 is 6.09 Å². The summed E-state index contributed by atoms with van der Waals surface area (Å²) in [6, 6.07) is 5.62. The molecule has 2 aromatic rings. The van der Waals surface area contributed by atoms with Gasteiger partial charge in [0.25, 0.3) is 0 Å². The summed E-state index contributed by atoms with van der Waals surface area (Å²) in [6.45, 7) is 2.59. The fourth-order valence-corrected chi connectivity index (χ4v) is 4.24. The van der Waals surface area contributed by atoms with Crippen LogP contribution in [0.15, 0.2) is 42.5 Å². The molecule has 0 radical (unpaired) electrons. The normalized spacial score (nSPS) is 17.5. The van der Waals surface area contributed by atoms with Crippen LogP contribution in [0.25, 0.3) is 6.08 Å². The molecule has 0 bridgehead atoms. The number of Topliss-reactive ketones (excluding diaryl/α,β-unsaturated/α-hetero) is 1. The molecule has 1 atom stereocenters. The lowest BCUT2D eigenvalue weighted by Gasteiger charge is -2.32. The minimum absolute atomic E-state index is 0.0512. The van der Waals surface area contributed by atoms with E-state index in [0.717, 1.165) is 22.6 Å². The highest BCUT2D eigenvalue weighted by Gasteiger charge is 2.36. The molecular weight excluding hydrogens is 371 g/mol. The van der Waals surface area contributed by atoms with Crippen molar-refractivity contribution in [2.24, 2.45) is 5.92 Å². The molecule has 150 valence electrons. The zero-order valence-electron chi connectivity index (χ0n) is 16.5. The first-order chi connectivity index (χ1) is 14.0. The van der Waals surface area contributed by atoms with Crippen LogP contribution in [-0.4, -0.2) is 36.6 Å². The van der Waals surface area contributed by atoms with E-state index < -0.39 is 6.09 Å². The van der Waals surface area contributed by atoms with Crippen molar-refractivity contribution in [1.82, 2.24) is 4.57 Å². The number of ether oxygens (including phenoxy) is 1. The van der Waals surface area contributed by atoms with Crippen LogP contribution in [0.4, 0.5) is 14.9 Å². The topological polar surface area (TPSA) is 51.5 Å². The largest absolute Gasteiger partial charge is 0.449 e. The summed E-state index contributed by atoms with van der Waals surface area (Å²) in [5.41, 5.74) is 4.11. The van der Waals surface area contributed by atoms with Crippen molar-refractivity contribution >= 4 is 23.6 Å². The van der Waals surface area contributed by atoms with E-state index in [1.165, 1.54) is 24.3 Å². The van der Waals surface area contributed by atoms with E-state index in [0.29, 0.717) is 24.9 Å². The number of hydrogen-bond donors (Lipinski definition) is 0. The van der Waals surface area contributed by atoms with Gasteiger partial charge in [-0.15, -0.1) is 0 Å². The first-order valence-corrected chi connectivity index (χ1v) is 9.79. The van der Waals surface area contributed by atoms with Gasteiger partial charge in [-0.3, -0.25) is 9.36 Å². The Morgan fingerprint density at radius 3 is 2.66 bits per heavy atom. The molecule has 1 aliphatic carbocycles. The molecule has 1 aliphatic heterocycles. The molecule has 0 N–H and O–H groups in total. The van der Waals surface area contributed by atoms with Crippen molar-refractivity contribution in [2.75, 3.05) is 25.1 Å². The van der Waals surface area contributed by atoms with E-state index in [-0.39, 0.29) is 24.1 Å². The molecule has 6 heteroatoms. The summed E-state index contributed by atoms with van der Waals surface area (Å²) in [5, 5.41) is 0. The van der Waals surface area contributed by atoms with Crippen LogP contribution in [-0.2, 0) is 17.6 Å². The number of fused-ring (bicyclic) bond motifs is 3. The van der Waals surface area contributed by atoms with Crippen molar-refractivity contribution in [3.63, 3.8) is 0 Å². The highest BCUT2D eigenvalue weighted by Crippen LogP contribution is 2.39. The Kier molecular flexibility index (Phi) is 5.09. The highest BCUT2D eigenvalue weighted by molar-refractivity contribution is 5.99. The van der Waals surface area contributed by atoms with Crippen molar-refractivity contribution < 1.29 is 18.7 Å². The number of carbonyl (C=O) groups is 2. The molecule has 4 rings (SSSR count). The average molecular weight is 394 g/mol. The molecule has 0 fully saturated rings. The van der Waals surface area contributed by atoms with Gasteiger partial charge in [0.2, 0.25) is 0 Å². The Labute approximate surface area is 169 Å². The molecule has 1 aromatic carbocycles. The SMILES string of the molecule is CCOC(=O)n1c2c(c3c1CC(C(=O)c1ccc(F)cc1)CN3C)C=CC=CC2. The van der Waals surface area contributed by atoms with Gasteiger partial charge in [0, 0.05) is 49.2 Å². The Hall–Kier alpha value is -3.15. The molecular formula is C23H23FN2O3. The lowest BCUT2D eigenvalue weighted by Crippen LogP contribution is -2.37. The first kappa shape index (κ1) is 19.2. The smallest absolute Gasteiger partial charge is 0.418 e. The number of carbonyl (C=O) groups excluding carboxylic acids is 2. The number of rotatable bonds is 3. The summed E-state index contributed by atoms with van der Waals surface area (Å²) in [7, 11) is 1.94. The van der Waals surface area contributed by atoms with Crippen LogP contribution in [0, 0.1) is 11.7 Å². The number of benzene rings is 1. The lowest BCUT2D eigenvalue weighted by molar-refractivity contribution is 0.0917. The monoisotopic (exact) mass is 394 g/mol.